The van der Waals surface area contributed by atoms with Gasteiger partial charge in [0, 0.05) is 18.5 Å². The quantitative estimate of drug-likeness (QED) is 0.439. The monoisotopic (exact) mass is 481 g/mol. The van der Waals surface area contributed by atoms with Gasteiger partial charge in [0.05, 0.1) is 12.5 Å². The molecule has 2 aromatic rings. The number of fused-ring (bicyclic) bond motifs is 2. The van der Waals surface area contributed by atoms with E-state index in [0.29, 0.717) is 61.5 Å². The van der Waals surface area contributed by atoms with Gasteiger partial charge in [-0.15, -0.1) is 0 Å². The van der Waals surface area contributed by atoms with Crippen LogP contribution < -0.4 is 18.9 Å². The molecule has 1 amide bonds. The zero-order valence-corrected chi connectivity index (χ0v) is 19.3. The number of esters is 1. The number of ether oxygens (including phenoxy) is 5. The average molecular weight is 482 g/mol. The zero-order valence-electron chi connectivity index (χ0n) is 19.3. The summed E-state index contributed by atoms with van der Waals surface area (Å²) in [5, 5.41) is 0. The Labute approximate surface area is 202 Å². The third kappa shape index (κ3) is 5.18. The second-order valence-electron chi connectivity index (χ2n) is 8.59. The van der Waals surface area contributed by atoms with Crippen molar-refractivity contribution >= 4 is 17.7 Å². The van der Waals surface area contributed by atoms with Crippen molar-refractivity contribution in [1.29, 1.82) is 0 Å². The van der Waals surface area contributed by atoms with E-state index in [-0.39, 0.29) is 37.2 Å². The Morgan fingerprint density at radius 3 is 2.23 bits per heavy atom. The topological polar surface area (TPSA) is 101 Å². The summed E-state index contributed by atoms with van der Waals surface area (Å²) in [7, 11) is 0. The highest BCUT2D eigenvalue weighted by molar-refractivity contribution is 5.98. The summed E-state index contributed by atoms with van der Waals surface area (Å²) in [6.07, 6.45) is 1.56. The third-order valence-electron chi connectivity index (χ3n) is 6.30. The first-order chi connectivity index (χ1) is 17.1. The van der Waals surface area contributed by atoms with Crippen LogP contribution in [0.5, 0.6) is 23.0 Å². The Balaban J connectivity index is 1.11. The molecular weight excluding hydrogens is 454 g/mol. The molecule has 1 saturated heterocycles. The minimum atomic E-state index is -0.584. The number of rotatable bonds is 7. The maximum absolute atomic E-state index is 12.8. The summed E-state index contributed by atoms with van der Waals surface area (Å²) in [6, 6.07) is 10.6. The largest absolute Gasteiger partial charge is 0.486 e. The second-order valence-corrected chi connectivity index (χ2v) is 8.59. The molecule has 0 bridgehead atoms. The van der Waals surface area contributed by atoms with Gasteiger partial charge in [0.15, 0.2) is 35.4 Å². The first-order valence-corrected chi connectivity index (χ1v) is 11.9. The van der Waals surface area contributed by atoms with E-state index in [1.54, 1.807) is 23.1 Å². The van der Waals surface area contributed by atoms with E-state index in [9.17, 15) is 14.4 Å². The van der Waals surface area contributed by atoms with E-state index in [1.807, 2.05) is 18.2 Å². The first kappa shape index (κ1) is 23.0. The van der Waals surface area contributed by atoms with Crippen LogP contribution in [0.1, 0.15) is 47.6 Å². The third-order valence-corrected chi connectivity index (χ3v) is 6.30. The normalized spacial score (nSPS) is 18.2. The van der Waals surface area contributed by atoms with Gasteiger partial charge in [-0.25, -0.2) is 0 Å². The molecule has 0 unspecified atom stereocenters. The van der Waals surface area contributed by atoms with Crippen molar-refractivity contribution in [2.24, 2.45) is 0 Å². The number of hydrogen-bond donors (Lipinski definition) is 0. The SMILES string of the molecule is O=C(CCC(=O)c1ccc2c(c1)OCCO2)OCC(=O)N1CCC[C@H]1c1ccc2c(c1)OCCO2. The maximum atomic E-state index is 12.8. The highest BCUT2D eigenvalue weighted by Gasteiger charge is 2.31. The standard InChI is InChI=1S/C26H27NO8/c28-20(18-4-7-22-24(15-18)34-13-11-32-22)5-8-26(30)35-16-25(29)27-9-1-2-19(27)17-3-6-21-23(14-17)33-12-10-31-21/h3-4,6-7,14-15,19H,1-2,5,8-13,16H2/t19-/m0/s1. The Kier molecular flexibility index (Phi) is 6.74. The van der Waals surface area contributed by atoms with Crippen molar-refractivity contribution in [1.82, 2.24) is 4.90 Å². The van der Waals surface area contributed by atoms with E-state index in [2.05, 4.69) is 0 Å². The Bertz CT molecular complexity index is 1130. The van der Waals surface area contributed by atoms with E-state index in [1.165, 1.54) is 0 Å². The van der Waals surface area contributed by atoms with Crippen molar-refractivity contribution in [2.75, 3.05) is 39.6 Å². The van der Waals surface area contributed by atoms with E-state index in [4.69, 9.17) is 23.7 Å². The number of benzene rings is 2. The van der Waals surface area contributed by atoms with Crippen LogP contribution in [0.25, 0.3) is 0 Å². The van der Waals surface area contributed by atoms with Gasteiger partial charge < -0.3 is 28.6 Å². The van der Waals surface area contributed by atoms with Crippen LogP contribution in [0.2, 0.25) is 0 Å². The number of amides is 1. The molecule has 9 nitrogen and oxygen atoms in total. The molecule has 0 aromatic heterocycles. The molecule has 9 heteroatoms. The highest BCUT2D eigenvalue weighted by atomic mass is 16.6. The van der Waals surface area contributed by atoms with Crippen molar-refractivity contribution < 1.29 is 38.1 Å². The second kappa shape index (κ2) is 10.2. The maximum Gasteiger partial charge on any atom is 0.306 e. The van der Waals surface area contributed by atoms with Gasteiger partial charge in [-0.2, -0.15) is 0 Å². The van der Waals surface area contributed by atoms with E-state index in [0.717, 1.165) is 18.4 Å². The van der Waals surface area contributed by atoms with Gasteiger partial charge in [0.25, 0.3) is 5.91 Å². The lowest BCUT2D eigenvalue weighted by Gasteiger charge is -2.26. The van der Waals surface area contributed by atoms with Crippen molar-refractivity contribution in [3.8, 4) is 23.0 Å². The molecule has 0 saturated carbocycles. The summed E-state index contributed by atoms with van der Waals surface area (Å²) in [5.41, 5.74) is 1.41. The summed E-state index contributed by atoms with van der Waals surface area (Å²) < 4.78 is 27.4. The minimum Gasteiger partial charge on any atom is -0.486 e. The summed E-state index contributed by atoms with van der Waals surface area (Å²) in [4.78, 5) is 39.3. The van der Waals surface area contributed by atoms with Crippen LogP contribution in [-0.2, 0) is 14.3 Å². The minimum absolute atomic E-state index is 0.0177. The number of carbonyl (C=O) groups excluding carboxylic acids is 3. The Morgan fingerprint density at radius 1 is 0.829 bits per heavy atom. The van der Waals surface area contributed by atoms with Gasteiger partial charge in [0.2, 0.25) is 0 Å². The molecule has 3 heterocycles. The van der Waals surface area contributed by atoms with Gasteiger partial charge in [-0.05, 0) is 48.7 Å². The molecule has 3 aliphatic heterocycles. The molecule has 0 radical (unpaired) electrons. The summed E-state index contributed by atoms with van der Waals surface area (Å²) in [5.74, 6) is 1.46. The van der Waals surface area contributed by atoms with Gasteiger partial charge in [-0.1, -0.05) is 6.07 Å². The van der Waals surface area contributed by atoms with Crippen LogP contribution in [0, 0.1) is 0 Å². The first-order valence-electron chi connectivity index (χ1n) is 11.9. The van der Waals surface area contributed by atoms with Gasteiger partial charge in [-0.3, -0.25) is 14.4 Å². The number of carbonyl (C=O) groups is 3. The molecular formula is C26H27NO8. The zero-order chi connectivity index (χ0) is 24.2. The fraction of sp³-hybridized carbons (Fsp3) is 0.423. The number of Topliss-reactive ketones (excluding diaryl/α,β-unsaturated/α-hetero) is 1. The van der Waals surface area contributed by atoms with Crippen LogP contribution >= 0.6 is 0 Å². The van der Waals surface area contributed by atoms with Crippen LogP contribution in [0.4, 0.5) is 0 Å². The van der Waals surface area contributed by atoms with E-state index >= 15 is 0 Å². The lowest BCUT2D eigenvalue weighted by atomic mass is 10.0. The number of hydrogen-bond acceptors (Lipinski definition) is 8. The molecule has 3 aliphatic rings. The lowest BCUT2D eigenvalue weighted by Crippen LogP contribution is -2.34. The van der Waals surface area contributed by atoms with Crippen molar-refractivity contribution in [3.05, 3.63) is 47.5 Å². The number of ketones is 1. The molecule has 1 fully saturated rings. The van der Waals surface area contributed by atoms with Crippen LogP contribution in [0.3, 0.4) is 0 Å². The lowest BCUT2D eigenvalue weighted by molar-refractivity contribution is -0.152. The molecule has 0 aliphatic carbocycles. The molecule has 35 heavy (non-hydrogen) atoms. The predicted molar refractivity (Wildman–Crippen MR) is 123 cm³/mol. The van der Waals surface area contributed by atoms with E-state index < -0.39 is 5.97 Å². The average Bonchev–Trinajstić information content (AvgIpc) is 3.40. The van der Waals surface area contributed by atoms with Crippen LogP contribution in [-0.4, -0.2) is 62.1 Å². The predicted octanol–water partition coefficient (Wildman–Crippen LogP) is 3.10. The number of likely N-dealkylation sites (tertiary alicyclic amines) is 1. The molecule has 2 aromatic carbocycles. The number of nitrogens with zero attached hydrogens (tertiary/aromatic N) is 1. The molecule has 5 rings (SSSR count). The van der Waals surface area contributed by atoms with Gasteiger partial charge >= 0.3 is 5.97 Å². The van der Waals surface area contributed by atoms with Crippen molar-refractivity contribution in [2.45, 2.75) is 31.7 Å². The smallest absolute Gasteiger partial charge is 0.306 e. The van der Waals surface area contributed by atoms with Gasteiger partial charge in [0.1, 0.15) is 26.4 Å². The molecule has 0 spiro atoms. The Hall–Kier alpha value is -3.75. The fourth-order valence-electron chi connectivity index (χ4n) is 4.55. The summed E-state index contributed by atoms with van der Waals surface area (Å²) in [6.45, 7) is 2.17. The molecule has 0 N–H and O–H groups in total. The fourth-order valence-corrected chi connectivity index (χ4v) is 4.55. The van der Waals surface area contributed by atoms with Crippen LogP contribution in [0.15, 0.2) is 36.4 Å². The molecule has 1 atom stereocenters. The molecule has 184 valence electrons. The summed E-state index contributed by atoms with van der Waals surface area (Å²) >= 11 is 0. The highest BCUT2D eigenvalue weighted by Crippen LogP contribution is 2.38. The van der Waals surface area contributed by atoms with Crippen molar-refractivity contribution in [3.63, 3.8) is 0 Å². The Morgan fingerprint density at radius 2 is 1.49 bits per heavy atom.